The lowest BCUT2D eigenvalue weighted by Gasteiger charge is -2.22. The maximum Gasteiger partial charge on any atom is 0.196 e. The number of nitrogens with zero attached hydrogens (tertiary/aromatic N) is 1. The highest BCUT2D eigenvalue weighted by molar-refractivity contribution is 5.80. The van der Waals surface area contributed by atoms with Crippen LogP contribution >= 0.6 is 0 Å². The Labute approximate surface area is 99.7 Å². The minimum atomic E-state index is 0.263. The van der Waals surface area contributed by atoms with E-state index in [1.165, 1.54) is 19.2 Å². The molecule has 0 atom stereocenters. The first kappa shape index (κ1) is 10.6. The molecule has 4 nitrogen and oxygen atoms in total. The van der Waals surface area contributed by atoms with Crippen LogP contribution in [0, 0.1) is 5.92 Å². The molecule has 1 aromatic heterocycles. The molecule has 1 aromatic carbocycles. The Morgan fingerprint density at radius 1 is 1.35 bits per heavy atom. The van der Waals surface area contributed by atoms with Crippen molar-refractivity contribution < 1.29 is 9.52 Å². The van der Waals surface area contributed by atoms with E-state index in [0.717, 1.165) is 30.6 Å². The first-order chi connectivity index (χ1) is 8.34. The molecule has 0 bridgehead atoms. The number of hydrogen-bond donors (Lipinski definition) is 2. The van der Waals surface area contributed by atoms with Gasteiger partial charge in [0.05, 0.1) is 0 Å². The highest BCUT2D eigenvalue weighted by atomic mass is 16.4. The van der Waals surface area contributed by atoms with E-state index in [0.29, 0.717) is 11.5 Å². The van der Waals surface area contributed by atoms with E-state index in [4.69, 9.17) is 4.42 Å². The van der Waals surface area contributed by atoms with Gasteiger partial charge in [0, 0.05) is 0 Å². The molecule has 0 amide bonds. The smallest absolute Gasteiger partial charge is 0.196 e. The Morgan fingerprint density at radius 2 is 2.18 bits per heavy atom. The van der Waals surface area contributed by atoms with Crippen LogP contribution in [0.2, 0.25) is 0 Å². The molecule has 0 aliphatic carbocycles. The van der Waals surface area contributed by atoms with Gasteiger partial charge in [0.2, 0.25) is 0 Å². The van der Waals surface area contributed by atoms with Crippen molar-refractivity contribution in [1.82, 2.24) is 10.3 Å². The van der Waals surface area contributed by atoms with E-state index in [2.05, 4.69) is 10.3 Å². The maximum atomic E-state index is 10.1. The molecule has 2 aromatic rings. The van der Waals surface area contributed by atoms with E-state index in [1.807, 2.05) is 12.1 Å². The topological polar surface area (TPSA) is 58.3 Å². The molecule has 2 N–H and O–H groups in total. The van der Waals surface area contributed by atoms with Crippen molar-refractivity contribution in [1.29, 1.82) is 0 Å². The Balaban J connectivity index is 1.86. The number of hydrogen-bond acceptors (Lipinski definition) is 4. The third-order valence-electron chi connectivity index (χ3n) is 3.52. The van der Waals surface area contributed by atoms with Crippen LogP contribution in [0.5, 0.6) is 5.75 Å². The van der Waals surface area contributed by atoms with Crippen molar-refractivity contribution in [2.45, 2.75) is 19.3 Å². The van der Waals surface area contributed by atoms with Crippen LogP contribution in [0.3, 0.4) is 0 Å². The second-order valence-electron chi connectivity index (χ2n) is 4.67. The molecule has 0 radical (unpaired) electrons. The molecule has 0 unspecified atom stereocenters. The highest BCUT2D eigenvalue weighted by Crippen LogP contribution is 2.31. The van der Waals surface area contributed by atoms with Crippen LogP contribution in [-0.4, -0.2) is 23.2 Å². The molecule has 0 spiro atoms. The minimum absolute atomic E-state index is 0.263. The molecule has 2 heterocycles. The second-order valence-corrected chi connectivity index (χ2v) is 4.67. The van der Waals surface area contributed by atoms with Crippen LogP contribution in [-0.2, 0) is 6.42 Å². The van der Waals surface area contributed by atoms with Crippen LogP contribution in [0.25, 0.3) is 11.1 Å². The molecule has 1 fully saturated rings. The van der Waals surface area contributed by atoms with Crippen molar-refractivity contribution in [3.8, 4) is 5.75 Å². The second kappa shape index (κ2) is 4.37. The zero-order valence-electron chi connectivity index (χ0n) is 9.65. The third kappa shape index (κ3) is 2.00. The number of rotatable bonds is 2. The SMILES string of the molecule is Oc1c(CC2CCNCC2)ccc2ncoc12. The minimum Gasteiger partial charge on any atom is -0.504 e. The molecule has 1 aliphatic rings. The van der Waals surface area contributed by atoms with Gasteiger partial charge >= 0.3 is 0 Å². The van der Waals surface area contributed by atoms with Gasteiger partial charge in [-0.3, -0.25) is 0 Å². The molecule has 1 aliphatic heterocycles. The van der Waals surface area contributed by atoms with Crippen molar-refractivity contribution in [2.24, 2.45) is 5.92 Å². The predicted octanol–water partition coefficient (Wildman–Crippen LogP) is 2.08. The average Bonchev–Trinajstić information content (AvgIpc) is 2.83. The summed E-state index contributed by atoms with van der Waals surface area (Å²) in [5.41, 5.74) is 2.20. The van der Waals surface area contributed by atoms with E-state index in [1.54, 1.807) is 0 Å². The van der Waals surface area contributed by atoms with E-state index in [9.17, 15) is 5.11 Å². The Morgan fingerprint density at radius 3 is 3.00 bits per heavy atom. The standard InChI is InChI=1S/C13H16N2O2/c16-12-10(7-9-3-5-14-6-4-9)1-2-11-13(12)17-8-15-11/h1-2,8-9,14,16H,3-7H2. The van der Waals surface area contributed by atoms with Gasteiger partial charge < -0.3 is 14.8 Å². The summed E-state index contributed by atoms with van der Waals surface area (Å²) in [6.45, 7) is 2.16. The van der Waals surface area contributed by atoms with E-state index >= 15 is 0 Å². The van der Waals surface area contributed by atoms with Gasteiger partial charge in [-0.25, -0.2) is 4.98 Å². The molecule has 1 saturated heterocycles. The molecular formula is C13H16N2O2. The summed E-state index contributed by atoms with van der Waals surface area (Å²) in [6, 6.07) is 3.87. The van der Waals surface area contributed by atoms with Crippen LogP contribution < -0.4 is 5.32 Å². The summed E-state index contributed by atoms with van der Waals surface area (Å²) in [5.74, 6) is 0.918. The van der Waals surface area contributed by atoms with Gasteiger partial charge in [0.1, 0.15) is 5.52 Å². The Kier molecular flexibility index (Phi) is 2.73. The van der Waals surface area contributed by atoms with Gasteiger partial charge in [-0.2, -0.15) is 0 Å². The summed E-state index contributed by atoms with van der Waals surface area (Å²) >= 11 is 0. The number of aromatic nitrogens is 1. The fourth-order valence-electron chi connectivity index (χ4n) is 2.52. The zero-order chi connectivity index (χ0) is 11.7. The molecule has 0 saturated carbocycles. The lowest BCUT2D eigenvalue weighted by atomic mass is 9.90. The number of oxazole rings is 1. The normalized spacial score (nSPS) is 17.6. The van der Waals surface area contributed by atoms with Crippen molar-refractivity contribution >= 4 is 11.1 Å². The number of phenols is 1. The van der Waals surface area contributed by atoms with Crippen molar-refractivity contribution in [2.75, 3.05) is 13.1 Å². The number of fused-ring (bicyclic) bond motifs is 1. The molecular weight excluding hydrogens is 216 g/mol. The van der Waals surface area contributed by atoms with E-state index < -0.39 is 0 Å². The number of nitrogens with one attached hydrogen (secondary N) is 1. The van der Waals surface area contributed by atoms with Gasteiger partial charge in [0.25, 0.3) is 0 Å². The molecule has 90 valence electrons. The van der Waals surface area contributed by atoms with Crippen LogP contribution in [0.15, 0.2) is 22.9 Å². The lowest BCUT2D eigenvalue weighted by molar-refractivity contribution is 0.366. The van der Waals surface area contributed by atoms with Crippen molar-refractivity contribution in [3.63, 3.8) is 0 Å². The third-order valence-corrected chi connectivity index (χ3v) is 3.52. The quantitative estimate of drug-likeness (QED) is 0.832. The zero-order valence-corrected chi connectivity index (χ0v) is 9.65. The van der Waals surface area contributed by atoms with Gasteiger partial charge in [-0.1, -0.05) is 6.07 Å². The number of benzene rings is 1. The van der Waals surface area contributed by atoms with E-state index in [-0.39, 0.29) is 5.75 Å². The van der Waals surface area contributed by atoms with Crippen LogP contribution in [0.4, 0.5) is 0 Å². The van der Waals surface area contributed by atoms with Crippen LogP contribution in [0.1, 0.15) is 18.4 Å². The molecule has 17 heavy (non-hydrogen) atoms. The number of aromatic hydroxyl groups is 1. The summed E-state index contributed by atoms with van der Waals surface area (Å²) in [6.07, 6.45) is 4.64. The fourth-order valence-corrected chi connectivity index (χ4v) is 2.52. The first-order valence-electron chi connectivity index (χ1n) is 6.09. The lowest BCUT2D eigenvalue weighted by Crippen LogP contribution is -2.28. The average molecular weight is 232 g/mol. The summed E-state index contributed by atoms with van der Waals surface area (Å²) in [5, 5.41) is 13.5. The predicted molar refractivity (Wildman–Crippen MR) is 65.0 cm³/mol. The number of phenolic OH excluding ortho intramolecular Hbond substituents is 1. The number of piperidine rings is 1. The highest BCUT2D eigenvalue weighted by Gasteiger charge is 2.17. The Bertz CT molecular complexity index is 515. The monoisotopic (exact) mass is 232 g/mol. The molecule has 3 rings (SSSR count). The Hall–Kier alpha value is -1.55. The molecule has 4 heteroatoms. The first-order valence-corrected chi connectivity index (χ1v) is 6.09. The van der Waals surface area contributed by atoms with Crippen molar-refractivity contribution in [3.05, 3.63) is 24.1 Å². The fraction of sp³-hybridized carbons (Fsp3) is 0.462. The van der Waals surface area contributed by atoms with Gasteiger partial charge in [-0.15, -0.1) is 0 Å². The maximum absolute atomic E-state index is 10.1. The summed E-state index contributed by atoms with van der Waals surface area (Å²) in [4.78, 5) is 4.03. The van der Waals surface area contributed by atoms with Gasteiger partial charge in [0.15, 0.2) is 17.7 Å². The summed E-state index contributed by atoms with van der Waals surface area (Å²) < 4.78 is 5.21. The van der Waals surface area contributed by atoms with Gasteiger partial charge in [-0.05, 0) is 49.9 Å². The summed E-state index contributed by atoms with van der Waals surface area (Å²) in [7, 11) is 0. The largest absolute Gasteiger partial charge is 0.504 e.